The van der Waals surface area contributed by atoms with Crippen LogP contribution >= 0.6 is 0 Å². The van der Waals surface area contributed by atoms with Gasteiger partial charge in [-0.2, -0.15) is 0 Å². The molecule has 2 aromatic heterocycles. The normalized spacial score (nSPS) is 11.7. The number of hydrogen-bond donors (Lipinski definition) is 2. The van der Waals surface area contributed by atoms with E-state index in [0.717, 1.165) is 0 Å². The molecule has 2 N–H and O–H groups in total. The van der Waals surface area contributed by atoms with Crippen LogP contribution in [-0.2, 0) is 4.74 Å². The Balaban J connectivity index is 2.43. The summed E-state index contributed by atoms with van der Waals surface area (Å²) in [6.07, 6.45) is 1.59. The molecule has 6 nitrogen and oxygen atoms in total. The van der Waals surface area contributed by atoms with Gasteiger partial charge in [-0.05, 0) is 26.8 Å². The third-order valence-electron chi connectivity index (χ3n) is 2.02. The zero-order valence-corrected chi connectivity index (χ0v) is 9.83. The third-order valence-corrected chi connectivity index (χ3v) is 2.02. The summed E-state index contributed by atoms with van der Waals surface area (Å²) in [5.41, 5.74) is -0.618. The lowest BCUT2D eigenvalue weighted by Gasteiger charge is -2.18. The molecule has 2 heterocycles. The van der Waals surface area contributed by atoms with Gasteiger partial charge in [0.1, 0.15) is 11.2 Å². The number of aromatic amines is 2. The maximum atomic E-state index is 11.7. The lowest BCUT2D eigenvalue weighted by Crippen LogP contribution is -2.26. The van der Waals surface area contributed by atoms with Crippen LogP contribution in [-0.4, -0.2) is 26.5 Å². The lowest BCUT2D eigenvalue weighted by molar-refractivity contribution is 0.00557. The molecule has 2 rings (SSSR count). The summed E-state index contributed by atoms with van der Waals surface area (Å²) >= 11 is 0. The average molecular weight is 235 g/mol. The monoisotopic (exact) mass is 235 g/mol. The molecule has 0 bridgehead atoms. The van der Waals surface area contributed by atoms with Crippen molar-refractivity contribution in [2.45, 2.75) is 26.4 Å². The number of rotatable bonds is 1. The van der Waals surface area contributed by atoms with Gasteiger partial charge in [0.25, 0.3) is 5.56 Å². The summed E-state index contributed by atoms with van der Waals surface area (Å²) < 4.78 is 5.12. The van der Waals surface area contributed by atoms with E-state index in [1.165, 1.54) is 0 Å². The quantitative estimate of drug-likeness (QED) is 0.727. The molecule has 0 spiro atoms. The standard InChI is InChI=1S/C11H13N3O3/c1-11(2,3)17-10(16)8-13-7-6(4-5-12-7)9(15)14-8/h4-5H,1-3H3,(H2,12,13,14,15). The highest BCUT2D eigenvalue weighted by atomic mass is 16.6. The molecule has 0 fully saturated rings. The molecule has 6 heteroatoms. The number of carbonyl (C=O) groups is 1. The Kier molecular flexibility index (Phi) is 2.49. The number of H-pyrrole nitrogens is 2. The second kappa shape index (κ2) is 3.73. The SMILES string of the molecule is CC(C)(C)OC(=O)c1nc2[nH]ccc2c(=O)[nH]1. The molecule has 0 atom stereocenters. The molecule has 0 aliphatic rings. The van der Waals surface area contributed by atoms with Crippen LogP contribution in [0.4, 0.5) is 0 Å². The van der Waals surface area contributed by atoms with Crippen molar-refractivity contribution in [2.75, 3.05) is 0 Å². The van der Waals surface area contributed by atoms with Crippen molar-refractivity contribution in [3.63, 3.8) is 0 Å². The van der Waals surface area contributed by atoms with Gasteiger partial charge < -0.3 is 14.7 Å². The Morgan fingerprint density at radius 2 is 2.12 bits per heavy atom. The van der Waals surface area contributed by atoms with E-state index in [4.69, 9.17) is 4.74 Å². The zero-order chi connectivity index (χ0) is 12.6. The zero-order valence-electron chi connectivity index (χ0n) is 9.83. The Hall–Kier alpha value is -2.11. The molecule has 0 saturated heterocycles. The van der Waals surface area contributed by atoms with Crippen LogP contribution in [0.3, 0.4) is 0 Å². The van der Waals surface area contributed by atoms with Gasteiger partial charge in [0.05, 0.1) is 5.39 Å². The first-order valence-corrected chi connectivity index (χ1v) is 5.17. The highest BCUT2D eigenvalue weighted by Gasteiger charge is 2.20. The van der Waals surface area contributed by atoms with Gasteiger partial charge in [-0.1, -0.05) is 0 Å². The van der Waals surface area contributed by atoms with E-state index >= 15 is 0 Å². The van der Waals surface area contributed by atoms with Crippen molar-refractivity contribution in [2.24, 2.45) is 0 Å². The molecule has 0 amide bonds. The second-order valence-electron chi connectivity index (χ2n) is 4.66. The van der Waals surface area contributed by atoms with Crippen LogP contribution in [0.15, 0.2) is 17.1 Å². The minimum Gasteiger partial charge on any atom is -0.454 e. The fraction of sp³-hybridized carbons (Fsp3) is 0.364. The minimum atomic E-state index is -0.647. The second-order valence-corrected chi connectivity index (χ2v) is 4.66. The van der Waals surface area contributed by atoms with Crippen molar-refractivity contribution in [3.05, 3.63) is 28.4 Å². The fourth-order valence-corrected chi connectivity index (χ4v) is 1.37. The first-order chi connectivity index (χ1) is 7.87. The molecule has 90 valence electrons. The van der Waals surface area contributed by atoms with Crippen molar-refractivity contribution >= 4 is 17.0 Å². The summed E-state index contributed by atoms with van der Waals surface area (Å²) in [4.78, 5) is 32.5. The highest BCUT2D eigenvalue weighted by molar-refractivity contribution is 5.87. The molecule has 0 unspecified atom stereocenters. The van der Waals surface area contributed by atoms with Crippen molar-refractivity contribution in [1.29, 1.82) is 0 Å². The largest absolute Gasteiger partial charge is 0.454 e. The Bertz CT molecular complexity index is 619. The molecule has 0 aliphatic heterocycles. The van der Waals surface area contributed by atoms with Gasteiger partial charge in [0.15, 0.2) is 0 Å². The Labute approximate surface area is 97.0 Å². The smallest absolute Gasteiger partial charge is 0.375 e. The molecular formula is C11H13N3O3. The third kappa shape index (κ3) is 2.35. The Morgan fingerprint density at radius 3 is 2.76 bits per heavy atom. The van der Waals surface area contributed by atoms with Gasteiger partial charge >= 0.3 is 5.97 Å². The van der Waals surface area contributed by atoms with Crippen LogP contribution in [0.25, 0.3) is 11.0 Å². The summed E-state index contributed by atoms with van der Waals surface area (Å²) in [7, 11) is 0. The molecule has 17 heavy (non-hydrogen) atoms. The number of esters is 1. The highest BCUT2D eigenvalue weighted by Crippen LogP contribution is 2.10. The van der Waals surface area contributed by atoms with Crippen LogP contribution in [0.1, 0.15) is 31.4 Å². The van der Waals surface area contributed by atoms with Crippen LogP contribution in [0, 0.1) is 0 Å². The van der Waals surface area contributed by atoms with Gasteiger partial charge in [-0.25, -0.2) is 9.78 Å². The molecule has 0 radical (unpaired) electrons. The van der Waals surface area contributed by atoms with Crippen molar-refractivity contribution < 1.29 is 9.53 Å². The van der Waals surface area contributed by atoms with E-state index in [-0.39, 0.29) is 11.4 Å². The Morgan fingerprint density at radius 1 is 1.41 bits per heavy atom. The van der Waals surface area contributed by atoms with E-state index in [1.54, 1.807) is 33.0 Å². The maximum Gasteiger partial charge on any atom is 0.375 e. The summed E-state index contributed by atoms with van der Waals surface area (Å²) in [6.45, 7) is 5.24. The maximum absolute atomic E-state index is 11.7. The minimum absolute atomic E-state index is 0.0973. The topological polar surface area (TPSA) is 87.8 Å². The number of ether oxygens (including phenoxy) is 1. The number of aromatic nitrogens is 3. The number of nitrogens with zero attached hydrogens (tertiary/aromatic N) is 1. The van der Waals surface area contributed by atoms with Crippen molar-refractivity contribution in [3.8, 4) is 0 Å². The van der Waals surface area contributed by atoms with Gasteiger partial charge in [-0.3, -0.25) is 4.79 Å². The van der Waals surface area contributed by atoms with Crippen LogP contribution < -0.4 is 5.56 Å². The summed E-state index contributed by atoms with van der Waals surface area (Å²) in [6, 6.07) is 1.60. The number of carbonyl (C=O) groups excluding carboxylic acids is 1. The summed E-state index contributed by atoms with van der Waals surface area (Å²) in [5.74, 6) is -0.744. The number of fused-ring (bicyclic) bond motifs is 1. The van der Waals surface area contributed by atoms with Gasteiger partial charge in [0.2, 0.25) is 5.82 Å². The first kappa shape index (κ1) is 11.4. The lowest BCUT2D eigenvalue weighted by atomic mass is 10.2. The van der Waals surface area contributed by atoms with E-state index in [1.807, 2.05) is 0 Å². The fourth-order valence-electron chi connectivity index (χ4n) is 1.37. The van der Waals surface area contributed by atoms with Crippen LogP contribution in [0.2, 0.25) is 0 Å². The molecule has 0 saturated carbocycles. The van der Waals surface area contributed by atoms with E-state index in [9.17, 15) is 9.59 Å². The van der Waals surface area contributed by atoms with Gasteiger partial charge in [0, 0.05) is 6.20 Å². The van der Waals surface area contributed by atoms with E-state index in [0.29, 0.717) is 11.0 Å². The van der Waals surface area contributed by atoms with E-state index in [2.05, 4.69) is 15.0 Å². The molecule has 0 aromatic carbocycles. The predicted molar refractivity (Wildman–Crippen MR) is 61.9 cm³/mol. The number of hydrogen-bond acceptors (Lipinski definition) is 4. The van der Waals surface area contributed by atoms with Crippen LogP contribution in [0.5, 0.6) is 0 Å². The van der Waals surface area contributed by atoms with Crippen molar-refractivity contribution in [1.82, 2.24) is 15.0 Å². The predicted octanol–water partition coefficient (Wildman–Crippen LogP) is 1.21. The molecular weight excluding hydrogens is 222 g/mol. The number of nitrogens with one attached hydrogen (secondary N) is 2. The van der Waals surface area contributed by atoms with Gasteiger partial charge in [-0.15, -0.1) is 0 Å². The van der Waals surface area contributed by atoms with E-state index < -0.39 is 11.6 Å². The first-order valence-electron chi connectivity index (χ1n) is 5.17. The molecule has 0 aliphatic carbocycles. The average Bonchev–Trinajstić information content (AvgIpc) is 2.63. The summed E-state index contributed by atoms with van der Waals surface area (Å²) in [5, 5.41) is 0.414. The molecule has 2 aromatic rings.